The van der Waals surface area contributed by atoms with Crippen LogP contribution in [0, 0.1) is 0 Å². The lowest BCUT2D eigenvalue weighted by Crippen LogP contribution is -2.35. The molecule has 1 aromatic heterocycles. The molecule has 1 saturated heterocycles. The zero-order valence-electron chi connectivity index (χ0n) is 11.9. The quantitative estimate of drug-likeness (QED) is 0.887. The minimum absolute atomic E-state index is 0.195. The Kier molecular flexibility index (Phi) is 3.91. The van der Waals surface area contributed by atoms with E-state index in [1.807, 2.05) is 19.4 Å². The summed E-state index contributed by atoms with van der Waals surface area (Å²) in [6.45, 7) is 4.60. The lowest BCUT2D eigenvalue weighted by Gasteiger charge is -2.16. The van der Waals surface area contributed by atoms with Crippen molar-refractivity contribution in [2.24, 2.45) is 0 Å². The lowest BCUT2D eigenvalue weighted by molar-refractivity contribution is 0.115. The molecule has 1 atom stereocenters. The van der Waals surface area contributed by atoms with E-state index in [-0.39, 0.29) is 6.09 Å². The number of hydrogen-bond acceptors (Lipinski definition) is 4. The summed E-state index contributed by atoms with van der Waals surface area (Å²) < 4.78 is 7.30. The van der Waals surface area contributed by atoms with E-state index in [0.29, 0.717) is 18.7 Å². The molecule has 6 heteroatoms. The van der Waals surface area contributed by atoms with Crippen molar-refractivity contribution in [1.82, 2.24) is 19.8 Å². The fourth-order valence-corrected chi connectivity index (χ4v) is 2.71. The van der Waals surface area contributed by atoms with Crippen LogP contribution in [0.3, 0.4) is 0 Å². The van der Waals surface area contributed by atoms with Crippen LogP contribution in [0.15, 0.2) is 12.5 Å². The maximum absolute atomic E-state index is 11.6. The third-order valence-electron chi connectivity index (χ3n) is 3.97. The molecule has 6 nitrogen and oxygen atoms in total. The molecule has 3 rings (SSSR count). The molecule has 0 aromatic carbocycles. The highest BCUT2D eigenvalue weighted by molar-refractivity contribution is 5.68. The molecule has 1 aromatic rings. The van der Waals surface area contributed by atoms with Crippen LogP contribution in [-0.2, 0) is 11.3 Å². The SMILES string of the molecule is CCOC(=O)N1CCC(NCc2cncn2C2CC2)C1. The van der Waals surface area contributed by atoms with Gasteiger partial charge in [0, 0.05) is 37.9 Å². The van der Waals surface area contributed by atoms with E-state index >= 15 is 0 Å². The highest BCUT2D eigenvalue weighted by Gasteiger charge is 2.28. The first-order chi connectivity index (χ1) is 9.78. The van der Waals surface area contributed by atoms with Gasteiger partial charge in [-0.1, -0.05) is 0 Å². The number of nitrogens with zero attached hydrogens (tertiary/aromatic N) is 3. The zero-order valence-corrected chi connectivity index (χ0v) is 11.9. The number of aromatic nitrogens is 2. The Morgan fingerprint density at radius 3 is 3.10 bits per heavy atom. The van der Waals surface area contributed by atoms with Crippen molar-refractivity contribution in [3.05, 3.63) is 18.2 Å². The summed E-state index contributed by atoms with van der Waals surface area (Å²) in [5.41, 5.74) is 1.24. The second-order valence-electron chi connectivity index (χ2n) is 5.53. The smallest absolute Gasteiger partial charge is 0.409 e. The summed E-state index contributed by atoms with van der Waals surface area (Å²) in [5.74, 6) is 0. The van der Waals surface area contributed by atoms with Gasteiger partial charge < -0.3 is 19.5 Å². The number of rotatable bonds is 5. The normalized spacial score (nSPS) is 22.2. The second kappa shape index (κ2) is 5.83. The van der Waals surface area contributed by atoms with Gasteiger partial charge in [0.15, 0.2) is 0 Å². The first-order valence-electron chi connectivity index (χ1n) is 7.43. The molecular formula is C14H22N4O2. The molecule has 0 spiro atoms. The molecule has 1 N–H and O–H groups in total. The summed E-state index contributed by atoms with van der Waals surface area (Å²) in [6, 6.07) is 1.01. The van der Waals surface area contributed by atoms with Gasteiger partial charge in [0.25, 0.3) is 0 Å². The highest BCUT2D eigenvalue weighted by atomic mass is 16.6. The summed E-state index contributed by atoms with van der Waals surface area (Å²) in [5, 5.41) is 3.52. The lowest BCUT2D eigenvalue weighted by atomic mass is 10.2. The van der Waals surface area contributed by atoms with Crippen LogP contribution < -0.4 is 5.32 Å². The summed E-state index contributed by atoms with van der Waals surface area (Å²) in [7, 11) is 0. The van der Waals surface area contributed by atoms with Crippen LogP contribution in [0.25, 0.3) is 0 Å². The van der Waals surface area contributed by atoms with Crippen molar-refractivity contribution in [3.63, 3.8) is 0 Å². The Morgan fingerprint density at radius 1 is 1.50 bits per heavy atom. The average molecular weight is 278 g/mol. The van der Waals surface area contributed by atoms with Gasteiger partial charge in [-0.25, -0.2) is 9.78 Å². The van der Waals surface area contributed by atoms with Gasteiger partial charge in [-0.2, -0.15) is 0 Å². The van der Waals surface area contributed by atoms with Crippen molar-refractivity contribution in [1.29, 1.82) is 0 Å². The number of likely N-dealkylation sites (tertiary alicyclic amines) is 1. The molecule has 20 heavy (non-hydrogen) atoms. The fourth-order valence-electron chi connectivity index (χ4n) is 2.71. The number of hydrogen-bond donors (Lipinski definition) is 1. The van der Waals surface area contributed by atoms with E-state index in [2.05, 4.69) is 14.9 Å². The maximum atomic E-state index is 11.6. The Morgan fingerprint density at radius 2 is 2.35 bits per heavy atom. The van der Waals surface area contributed by atoms with Gasteiger partial charge in [0.2, 0.25) is 0 Å². The second-order valence-corrected chi connectivity index (χ2v) is 5.53. The van der Waals surface area contributed by atoms with Crippen LogP contribution in [0.1, 0.15) is 37.9 Å². The summed E-state index contributed by atoms with van der Waals surface area (Å²) in [4.78, 5) is 17.6. The summed E-state index contributed by atoms with van der Waals surface area (Å²) >= 11 is 0. The average Bonchev–Trinajstić information content (AvgIpc) is 3.01. The Bertz CT molecular complexity index is 469. The van der Waals surface area contributed by atoms with Crippen molar-refractivity contribution < 1.29 is 9.53 Å². The summed E-state index contributed by atoms with van der Waals surface area (Å²) in [6.07, 6.45) is 7.18. The molecule has 1 unspecified atom stereocenters. The van der Waals surface area contributed by atoms with Crippen LogP contribution in [-0.4, -0.2) is 46.3 Å². The van der Waals surface area contributed by atoms with E-state index in [9.17, 15) is 4.79 Å². The molecule has 2 heterocycles. The van der Waals surface area contributed by atoms with E-state index in [1.165, 1.54) is 18.5 Å². The fraction of sp³-hybridized carbons (Fsp3) is 0.714. The van der Waals surface area contributed by atoms with Crippen molar-refractivity contribution >= 4 is 6.09 Å². The first kappa shape index (κ1) is 13.4. The topological polar surface area (TPSA) is 59.4 Å². The van der Waals surface area contributed by atoms with Gasteiger partial charge in [-0.15, -0.1) is 0 Å². The third-order valence-corrected chi connectivity index (χ3v) is 3.97. The number of ether oxygens (including phenoxy) is 1. The van der Waals surface area contributed by atoms with E-state index in [1.54, 1.807) is 4.90 Å². The van der Waals surface area contributed by atoms with Crippen LogP contribution >= 0.6 is 0 Å². The Balaban J connectivity index is 1.47. The molecule has 1 amide bonds. The van der Waals surface area contributed by atoms with E-state index in [0.717, 1.165) is 26.1 Å². The minimum atomic E-state index is -0.195. The van der Waals surface area contributed by atoms with Crippen LogP contribution in [0.5, 0.6) is 0 Å². The van der Waals surface area contributed by atoms with Crippen molar-refractivity contribution in [3.8, 4) is 0 Å². The van der Waals surface area contributed by atoms with E-state index < -0.39 is 0 Å². The molecule has 2 fully saturated rings. The monoisotopic (exact) mass is 278 g/mol. The number of amides is 1. The molecule has 1 saturated carbocycles. The van der Waals surface area contributed by atoms with Gasteiger partial charge in [0.1, 0.15) is 0 Å². The molecule has 1 aliphatic heterocycles. The maximum Gasteiger partial charge on any atom is 0.409 e. The molecule has 0 radical (unpaired) electrons. The van der Waals surface area contributed by atoms with Crippen molar-refractivity contribution in [2.45, 2.75) is 44.8 Å². The Labute approximate surface area is 119 Å². The molecule has 1 aliphatic carbocycles. The first-order valence-corrected chi connectivity index (χ1v) is 7.43. The Hall–Kier alpha value is -1.56. The molecule has 0 bridgehead atoms. The standard InChI is InChI=1S/C14H22N4O2/c1-2-20-14(19)17-6-5-11(9-17)16-8-13-7-15-10-18(13)12-3-4-12/h7,10-12,16H,2-6,8-9H2,1H3. The number of imidazole rings is 1. The van der Waals surface area contributed by atoms with Gasteiger partial charge in [-0.3, -0.25) is 0 Å². The number of carbonyl (C=O) groups is 1. The van der Waals surface area contributed by atoms with Crippen molar-refractivity contribution in [2.75, 3.05) is 19.7 Å². The van der Waals surface area contributed by atoms with Crippen LogP contribution in [0.4, 0.5) is 4.79 Å². The van der Waals surface area contributed by atoms with Gasteiger partial charge in [0.05, 0.1) is 18.6 Å². The zero-order chi connectivity index (χ0) is 13.9. The largest absolute Gasteiger partial charge is 0.450 e. The number of carbonyl (C=O) groups excluding carboxylic acids is 1. The number of nitrogens with one attached hydrogen (secondary N) is 1. The predicted molar refractivity (Wildman–Crippen MR) is 74.3 cm³/mol. The minimum Gasteiger partial charge on any atom is -0.450 e. The molecule has 2 aliphatic rings. The molecule has 110 valence electrons. The molecular weight excluding hydrogens is 256 g/mol. The predicted octanol–water partition coefficient (Wildman–Crippen LogP) is 1.54. The van der Waals surface area contributed by atoms with Crippen LogP contribution in [0.2, 0.25) is 0 Å². The highest BCUT2D eigenvalue weighted by Crippen LogP contribution is 2.35. The van der Waals surface area contributed by atoms with Gasteiger partial charge in [-0.05, 0) is 26.2 Å². The van der Waals surface area contributed by atoms with Gasteiger partial charge >= 0.3 is 6.09 Å². The van der Waals surface area contributed by atoms with E-state index in [4.69, 9.17) is 4.74 Å². The third kappa shape index (κ3) is 2.95.